The minimum atomic E-state index is -4.77. The van der Waals surface area contributed by atoms with Crippen LogP contribution in [-0.4, -0.2) is 70.1 Å². The molecule has 0 bridgehead atoms. The van der Waals surface area contributed by atoms with Crippen LogP contribution < -0.4 is 5.32 Å². The number of Topliss-reactive ketones (excluding diaryl/α,β-unsaturated/α-hetero) is 1. The molecule has 1 aliphatic heterocycles. The number of morpholine rings is 1. The molecule has 2 N–H and O–H groups in total. The molecule has 1 saturated heterocycles. The minimum Gasteiger partial charge on any atom is -0.380 e. The molecule has 10 nitrogen and oxygen atoms in total. The molecule has 1 unspecified atom stereocenters. The molecule has 1 aliphatic rings. The second-order valence-corrected chi connectivity index (χ2v) is 9.69. The Morgan fingerprint density at radius 2 is 1.70 bits per heavy atom. The van der Waals surface area contributed by atoms with Crippen molar-refractivity contribution in [3.63, 3.8) is 0 Å². The third-order valence-corrected chi connectivity index (χ3v) is 6.82. The van der Waals surface area contributed by atoms with Crippen molar-refractivity contribution < 1.29 is 41.9 Å². The number of aliphatic hydroxyl groups is 1. The number of ketones is 1. The summed E-state index contributed by atoms with van der Waals surface area (Å²) in [5.41, 5.74) is 1.34. The lowest BCUT2D eigenvalue weighted by Gasteiger charge is -2.36. The average molecular weight is 595 g/mol. The molecule has 0 spiro atoms. The zero-order valence-electron chi connectivity index (χ0n) is 22.5. The largest absolute Gasteiger partial charge is 0.471 e. The molecule has 0 saturated carbocycles. The summed E-state index contributed by atoms with van der Waals surface area (Å²) in [4.78, 5) is 43.9. The maximum Gasteiger partial charge on any atom is 0.471 e. The third-order valence-electron chi connectivity index (χ3n) is 6.82. The van der Waals surface area contributed by atoms with E-state index in [0.29, 0.717) is 12.2 Å². The van der Waals surface area contributed by atoms with Gasteiger partial charge in [-0.1, -0.05) is 59.8 Å². The van der Waals surface area contributed by atoms with Crippen LogP contribution >= 0.6 is 0 Å². The Bertz CT molecular complexity index is 1610. The van der Waals surface area contributed by atoms with E-state index in [1.807, 2.05) is 0 Å². The lowest BCUT2D eigenvalue weighted by Crippen LogP contribution is -2.53. The first-order valence-corrected chi connectivity index (χ1v) is 13.2. The summed E-state index contributed by atoms with van der Waals surface area (Å²) in [7, 11) is 0. The second-order valence-electron chi connectivity index (χ2n) is 9.69. The maximum atomic E-state index is 13.5. The fourth-order valence-electron chi connectivity index (χ4n) is 4.55. The quantitative estimate of drug-likeness (QED) is 0.293. The molecule has 2 heterocycles. The molecule has 0 radical (unpaired) electrons. The van der Waals surface area contributed by atoms with Crippen molar-refractivity contribution in [2.45, 2.75) is 18.3 Å². The normalized spacial score (nSPS) is 16.0. The van der Waals surface area contributed by atoms with Gasteiger partial charge in [0.2, 0.25) is 5.82 Å². The minimum absolute atomic E-state index is 0.0565. The summed E-state index contributed by atoms with van der Waals surface area (Å²) in [5, 5.41) is 16.8. The molecule has 5 rings (SSSR count). The van der Waals surface area contributed by atoms with Gasteiger partial charge in [-0.3, -0.25) is 14.4 Å². The van der Waals surface area contributed by atoms with Gasteiger partial charge in [-0.15, -0.1) is 0 Å². The summed E-state index contributed by atoms with van der Waals surface area (Å²) in [6, 6.07) is 19.6. The van der Waals surface area contributed by atoms with Gasteiger partial charge in [0.15, 0.2) is 5.78 Å². The number of hydrogen-bond acceptors (Lipinski definition) is 8. The van der Waals surface area contributed by atoms with E-state index < -0.39 is 35.9 Å². The number of amides is 2. The number of aromatic nitrogens is 2. The first-order valence-electron chi connectivity index (χ1n) is 13.2. The Morgan fingerprint density at radius 3 is 2.40 bits per heavy atom. The highest BCUT2D eigenvalue weighted by Crippen LogP contribution is 2.29. The third kappa shape index (κ3) is 6.79. The summed E-state index contributed by atoms with van der Waals surface area (Å²) < 4.78 is 48.0. The number of ether oxygens (including phenoxy) is 1. The van der Waals surface area contributed by atoms with Crippen LogP contribution in [0.25, 0.3) is 11.4 Å². The highest BCUT2D eigenvalue weighted by Gasteiger charge is 2.38. The highest BCUT2D eigenvalue weighted by molar-refractivity contribution is 6.00. The number of nitrogens with zero attached hydrogens (tertiary/aromatic N) is 3. The van der Waals surface area contributed by atoms with Crippen molar-refractivity contribution in [1.82, 2.24) is 20.4 Å². The van der Waals surface area contributed by atoms with E-state index in [9.17, 15) is 32.7 Å². The summed E-state index contributed by atoms with van der Waals surface area (Å²) in [6.45, 7) is 0.771. The number of benzene rings is 3. The Labute approximate surface area is 243 Å². The Hall–Kier alpha value is -4.88. The van der Waals surface area contributed by atoms with Crippen LogP contribution in [0.5, 0.6) is 0 Å². The van der Waals surface area contributed by atoms with Crippen molar-refractivity contribution in [2.24, 2.45) is 0 Å². The van der Waals surface area contributed by atoms with E-state index in [-0.39, 0.29) is 53.7 Å². The van der Waals surface area contributed by atoms with E-state index in [0.717, 1.165) is 0 Å². The number of carbonyl (C=O) groups is 3. The van der Waals surface area contributed by atoms with Crippen LogP contribution in [0.15, 0.2) is 83.4 Å². The molecule has 4 aromatic rings. The van der Waals surface area contributed by atoms with E-state index in [2.05, 4.69) is 20.0 Å². The van der Waals surface area contributed by atoms with E-state index in [1.165, 1.54) is 30.3 Å². The standard InChI is InChI=1S/C30H25F3N4O6/c31-30(32,33)29-35-26(36-43-29)19-9-11-20(12-10-19)27(40)34-16-23-17-42-14-13-37(23)28(41)22-8-4-7-21(15-22)25(39)24(38)18-5-2-1-3-6-18/h1-12,15,23,25,39H,13-14,16-17H2,(H,34,40)/t23-,25?/m0/s1. The number of nitrogens with one attached hydrogen (secondary N) is 1. The van der Waals surface area contributed by atoms with Crippen molar-refractivity contribution in [2.75, 3.05) is 26.3 Å². The van der Waals surface area contributed by atoms with Crippen molar-refractivity contribution in [3.05, 3.63) is 107 Å². The first-order chi connectivity index (χ1) is 20.6. The zero-order chi connectivity index (χ0) is 30.6. The van der Waals surface area contributed by atoms with E-state index in [1.54, 1.807) is 53.4 Å². The summed E-state index contributed by atoms with van der Waals surface area (Å²) >= 11 is 0. The Kier molecular flexibility index (Phi) is 8.64. The number of alkyl halides is 3. The van der Waals surface area contributed by atoms with Gasteiger partial charge in [0.1, 0.15) is 6.10 Å². The highest BCUT2D eigenvalue weighted by atomic mass is 19.4. The Balaban J connectivity index is 1.23. The predicted octanol–water partition coefficient (Wildman–Crippen LogP) is 3.94. The van der Waals surface area contributed by atoms with E-state index in [4.69, 9.17) is 4.74 Å². The van der Waals surface area contributed by atoms with Crippen molar-refractivity contribution >= 4 is 17.6 Å². The lowest BCUT2D eigenvalue weighted by atomic mass is 9.98. The van der Waals surface area contributed by atoms with Crippen LogP contribution in [-0.2, 0) is 10.9 Å². The SMILES string of the molecule is O=C(NC[C@H]1COCCN1C(=O)c1cccc(C(O)C(=O)c2ccccc2)c1)c1ccc(-c2noc(C(F)(F)F)n2)cc1. The van der Waals surface area contributed by atoms with Crippen LogP contribution in [0.2, 0.25) is 0 Å². The van der Waals surface area contributed by atoms with Crippen LogP contribution in [0.4, 0.5) is 13.2 Å². The number of hydrogen-bond donors (Lipinski definition) is 2. The predicted molar refractivity (Wildman–Crippen MR) is 145 cm³/mol. The summed E-state index contributed by atoms with van der Waals surface area (Å²) in [5.74, 6) is -3.06. The van der Waals surface area contributed by atoms with Crippen molar-refractivity contribution in [3.8, 4) is 11.4 Å². The van der Waals surface area contributed by atoms with Gasteiger partial charge in [-0.2, -0.15) is 18.2 Å². The Morgan fingerprint density at radius 1 is 0.977 bits per heavy atom. The molecule has 2 amide bonds. The van der Waals surface area contributed by atoms with E-state index >= 15 is 0 Å². The fraction of sp³-hybridized carbons (Fsp3) is 0.233. The van der Waals surface area contributed by atoms with Gasteiger partial charge in [0.25, 0.3) is 11.8 Å². The summed E-state index contributed by atoms with van der Waals surface area (Å²) in [6.07, 6.45) is -6.22. The fourth-order valence-corrected chi connectivity index (χ4v) is 4.55. The van der Waals surface area contributed by atoms with Gasteiger partial charge in [0.05, 0.1) is 19.3 Å². The monoisotopic (exact) mass is 594 g/mol. The number of rotatable bonds is 8. The van der Waals surface area contributed by atoms with Crippen LogP contribution in [0.3, 0.4) is 0 Å². The lowest BCUT2D eigenvalue weighted by molar-refractivity contribution is -0.159. The topological polar surface area (TPSA) is 135 Å². The molecule has 222 valence electrons. The second kappa shape index (κ2) is 12.5. The molecule has 1 aromatic heterocycles. The van der Waals surface area contributed by atoms with Crippen LogP contribution in [0, 0.1) is 0 Å². The van der Waals surface area contributed by atoms with Crippen LogP contribution in [0.1, 0.15) is 48.6 Å². The average Bonchev–Trinajstić information content (AvgIpc) is 3.55. The van der Waals surface area contributed by atoms with Gasteiger partial charge in [-0.05, 0) is 29.8 Å². The molecular formula is C30H25F3N4O6. The maximum absolute atomic E-state index is 13.5. The number of carbonyl (C=O) groups excluding carboxylic acids is 3. The first kappa shape index (κ1) is 29.6. The molecule has 43 heavy (non-hydrogen) atoms. The van der Waals surface area contributed by atoms with Gasteiger partial charge < -0.3 is 24.6 Å². The smallest absolute Gasteiger partial charge is 0.380 e. The van der Waals surface area contributed by atoms with Gasteiger partial charge in [-0.25, -0.2) is 0 Å². The molecule has 2 atom stereocenters. The zero-order valence-corrected chi connectivity index (χ0v) is 22.5. The van der Waals surface area contributed by atoms with Gasteiger partial charge >= 0.3 is 12.1 Å². The molecule has 1 fully saturated rings. The molecule has 13 heteroatoms. The molecular weight excluding hydrogens is 569 g/mol. The van der Waals surface area contributed by atoms with Gasteiger partial charge in [0, 0.05) is 35.3 Å². The molecule has 3 aromatic carbocycles. The van der Waals surface area contributed by atoms with Crippen molar-refractivity contribution in [1.29, 1.82) is 0 Å². The number of halogens is 3. The number of aliphatic hydroxyl groups excluding tert-OH is 1. The molecule has 0 aliphatic carbocycles.